The lowest BCUT2D eigenvalue weighted by atomic mass is 10.1. The number of hydrogen-bond acceptors (Lipinski definition) is 4. The predicted octanol–water partition coefficient (Wildman–Crippen LogP) is 6.99. The van der Waals surface area contributed by atoms with Crippen LogP contribution in [0.2, 0.25) is 0 Å². The molecule has 0 atom stereocenters. The Morgan fingerprint density at radius 2 is 1.63 bits per heavy atom. The van der Waals surface area contributed by atoms with Crippen LogP contribution in [-0.4, -0.2) is 35.8 Å². The van der Waals surface area contributed by atoms with Crippen molar-refractivity contribution in [1.29, 1.82) is 0 Å². The summed E-state index contributed by atoms with van der Waals surface area (Å²) in [6, 6.07) is 33.8. The molecule has 0 radical (unpaired) electrons. The van der Waals surface area contributed by atoms with Gasteiger partial charge in [0.1, 0.15) is 0 Å². The van der Waals surface area contributed by atoms with E-state index >= 15 is 0 Å². The highest BCUT2D eigenvalue weighted by atomic mass is 16.5. The maximum Gasteiger partial charge on any atom is 0.294 e. The van der Waals surface area contributed by atoms with Crippen molar-refractivity contribution in [2.45, 2.75) is 46.3 Å². The average molecular weight is 574 g/mol. The van der Waals surface area contributed by atoms with E-state index in [1.807, 2.05) is 67.6 Å². The minimum absolute atomic E-state index is 0.110. The molecule has 0 spiro atoms. The summed E-state index contributed by atoms with van der Waals surface area (Å²) in [7, 11) is 0. The highest BCUT2D eigenvalue weighted by Crippen LogP contribution is 2.36. The standard InChI is InChI=1S/C37H39N3O3/c1-27(2)39(25-30-12-5-4-6-13-30)22-10-21-38-36(41)32-19-17-29(18-20-32)24-35-37(42)40(26-31-14-9-11-28(3)23-31)33-15-7-8-16-34(33)43-35/h4-9,11-20,23-24,27H,10,21-22,25-26H2,1-3H3,(H,38,41). The fourth-order valence-electron chi connectivity index (χ4n) is 5.22. The van der Waals surface area contributed by atoms with Crippen LogP contribution in [0, 0.1) is 6.92 Å². The Bertz CT molecular complexity index is 1580. The maximum absolute atomic E-state index is 13.6. The van der Waals surface area contributed by atoms with Gasteiger partial charge in [0.05, 0.1) is 12.2 Å². The molecule has 6 heteroatoms. The van der Waals surface area contributed by atoms with Crippen LogP contribution in [0.4, 0.5) is 5.69 Å². The summed E-state index contributed by atoms with van der Waals surface area (Å²) >= 11 is 0. The van der Waals surface area contributed by atoms with E-state index in [0.717, 1.165) is 41.9 Å². The van der Waals surface area contributed by atoms with E-state index in [0.29, 0.717) is 30.4 Å². The molecular formula is C37H39N3O3. The normalized spacial score (nSPS) is 13.7. The molecule has 0 unspecified atom stereocenters. The third-order valence-corrected chi connectivity index (χ3v) is 7.59. The number of hydrogen-bond donors (Lipinski definition) is 1. The third-order valence-electron chi connectivity index (χ3n) is 7.59. The van der Waals surface area contributed by atoms with Gasteiger partial charge >= 0.3 is 0 Å². The molecular weight excluding hydrogens is 534 g/mol. The molecule has 0 aliphatic carbocycles. The molecule has 0 saturated heterocycles. The maximum atomic E-state index is 13.6. The molecule has 1 N–H and O–H groups in total. The lowest BCUT2D eigenvalue weighted by Gasteiger charge is -2.30. The second-order valence-electron chi connectivity index (χ2n) is 11.2. The zero-order valence-corrected chi connectivity index (χ0v) is 25.1. The van der Waals surface area contributed by atoms with Crippen LogP contribution in [0.5, 0.6) is 5.75 Å². The van der Waals surface area contributed by atoms with E-state index in [2.05, 4.69) is 54.4 Å². The minimum atomic E-state index is -0.204. The van der Waals surface area contributed by atoms with E-state index in [1.54, 1.807) is 23.1 Å². The summed E-state index contributed by atoms with van der Waals surface area (Å²) in [6.45, 7) is 9.28. The van der Waals surface area contributed by atoms with Crippen molar-refractivity contribution in [3.63, 3.8) is 0 Å². The molecule has 0 aromatic heterocycles. The van der Waals surface area contributed by atoms with E-state index in [9.17, 15) is 9.59 Å². The second kappa shape index (κ2) is 14.0. The third kappa shape index (κ3) is 7.79. The molecule has 4 aromatic carbocycles. The number of fused-ring (bicyclic) bond motifs is 1. The molecule has 2 amide bonds. The minimum Gasteiger partial charge on any atom is -0.449 e. The number of para-hydroxylation sites is 2. The van der Waals surface area contributed by atoms with Crippen molar-refractivity contribution in [3.8, 4) is 5.75 Å². The second-order valence-corrected chi connectivity index (χ2v) is 11.2. The van der Waals surface area contributed by atoms with E-state index in [1.165, 1.54) is 5.56 Å². The van der Waals surface area contributed by atoms with Crippen LogP contribution in [0.15, 0.2) is 109 Å². The van der Waals surface area contributed by atoms with E-state index in [4.69, 9.17) is 4.74 Å². The van der Waals surface area contributed by atoms with E-state index < -0.39 is 0 Å². The lowest BCUT2D eigenvalue weighted by Crippen LogP contribution is -2.36. The summed E-state index contributed by atoms with van der Waals surface area (Å²) in [4.78, 5) is 30.5. The molecule has 1 aliphatic heterocycles. The Balaban J connectivity index is 1.20. The first-order valence-corrected chi connectivity index (χ1v) is 14.9. The Hall–Kier alpha value is -4.68. The number of ether oxygens (including phenoxy) is 1. The van der Waals surface area contributed by atoms with Crippen LogP contribution in [0.1, 0.15) is 52.9 Å². The average Bonchev–Trinajstić information content (AvgIpc) is 3.01. The SMILES string of the molecule is Cc1cccc(CN2C(=O)C(=Cc3ccc(C(=O)NCCCN(Cc4ccccc4)C(C)C)cc3)Oc3ccccc32)c1. The van der Waals surface area contributed by atoms with Crippen molar-refractivity contribution in [2.24, 2.45) is 0 Å². The van der Waals surface area contributed by atoms with Gasteiger partial charge in [-0.3, -0.25) is 19.4 Å². The summed E-state index contributed by atoms with van der Waals surface area (Å²) < 4.78 is 6.04. The highest BCUT2D eigenvalue weighted by Gasteiger charge is 2.30. The lowest BCUT2D eigenvalue weighted by molar-refractivity contribution is -0.117. The molecule has 0 bridgehead atoms. The van der Waals surface area contributed by atoms with Crippen molar-refractivity contribution >= 4 is 23.6 Å². The Labute approximate surface area is 254 Å². The fourth-order valence-corrected chi connectivity index (χ4v) is 5.22. The number of benzene rings is 4. The summed E-state index contributed by atoms with van der Waals surface area (Å²) in [5.74, 6) is 0.567. The first kappa shape index (κ1) is 29.8. The number of amides is 2. The zero-order valence-electron chi connectivity index (χ0n) is 25.1. The molecule has 5 rings (SSSR count). The molecule has 4 aromatic rings. The van der Waals surface area contributed by atoms with Crippen LogP contribution in [0.3, 0.4) is 0 Å². The smallest absolute Gasteiger partial charge is 0.294 e. The molecule has 1 heterocycles. The van der Waals surface area contributed by atoms with Gasteiger partial charge in [-0.1, -0.05) is 84.4 Å². The van der Waals surface area contributed by atoms with Gasteiger partial charge in [0.15, 0.2) is 11.5 Å². The molecule has 1 aliphatic rings. The van der Waals surface area contributed by atoms with E-state index in [-0.39, 0.29) is 17.6 Å². The molecule has 220 valence electrons. The summed E-state index contributed by atoms with van der Waals surface area (Å²) in [6.07, 6.45) is 2.59. The largest absolute Gasteiger partial charge is 0.449 e. The van der Waals surface area contributed by atoms with Gasteiger partial charge in [0.25, 0.3) is 11.8 Å². The summed E-state index contributed by atoms with van der Waals surface area (Å²) in [5.41, 5.74) is 5.59. The molecule has 6 nitrogen and oxygen atoms in total. The van der Waals surface area contributed by atoms with Gasteiger partial charge in [-0.25, -0.2) is 0 Å². The number of rotatable bonds is 11. The van der Waals surface area contributed by atoms with Gasteiger partial charge in [-0.05, 0) is 74.2 Å². The zero-order chi connectivity index (χ0) is 30.2. The van der Waals surface area contributed by atoms with Crippen molar-refractivity contribution in [1.82, 2.24) is 10.2 Å². The van der Waals surface area contributed by atoms with Gasteiger partial charge in [-0.15, -0.1) is 0 Å². The van der Waals surface area contributed by atoms with Crippen LogP contribution >= 0.6 is 0 Å². The molecule has 0 saturated carbocycles. The number of aryl methyl sites for hydroxylation is 1. The fraction of sp³-hybridized carbons (Fsp3) is 0.243. The number of nitrogens with one attached hydrogen (secondary N) is 1. The van der Waals surface area contributed by atoms with Crippen molar-refractivity contribution in [2.75, 3.05) is 18.0 Å². The van der Waals surface area contributed by atoms with Crippen LogP contribution < -0.4 is 15.0 Å². The number of nitrogens with zero attached hydrogens (tertiary/aromatic N) is 2. The van der Waals surface area contributed by atoms with Gasteiger partial charge < -0.3 is 10.1 Å². The van der Waals surface area contributed by atoms with Gasteiger partial charge in [0, 0.05) is 31.2 Å². The molecule has 0 fully saturated rings. The summed E-state index contributed by atoms with van der Waals surface area (Å²) in [5, 5.41) is 3.04. The number of anilines is 1. The van der Waals surface area contributed by atoms with Crippen molar-refractivity contribution in [3.05, 3.63) is 137 Å². The van der Waals surface area contributed by atoms with Crippen LogP contribution in [-0.2, 0) is 17.9 Å². The predicted molar refractivity (Wildman–Crippen MR) is 173 cm³/mol. The van der Waals surface area contributed by atoms with Gasteiger partial charge in [-0.2, -0.15) is 0 Å². The Kier molecular flexibility index (Phi) is 9.70. The quantitative estimate of drug-likeness (QED) is 0.155. The Morgan fingerprint density at radius 1 is 0.907 bits per heavy atom. The number of carbonyl (C=O) groups is 2. The number of carbonyl (C=O) groups excluding carboxylic acids is 2. The topological polar surface area (TPSA) is 61.9 Å². The van der Waals surface area contributed by atoms with Crippen LogP contribution in [0.25, 0.3) is 6.08 Å². The van der Waals surface area contributed by atoms with Gasteiger partial charge in [0.2, 0.25) is 0 Å². The first-order valence-electron chi connectivity index (χ1n) is 14.9. The monoisotopic (exact) mass is 573 g/mol. The van der Waals surface area contributed by atoms with Crippen molar-refractivity contribution < 1.29 is 14.3 Å². The highest BCUT2D eigenvalue weighted by molar-refractivity contribution is 6.09. The Morgan fingerprint density at radius 3 is 2.37 bits per heavy atom. The molecule has 43 heavy (non-hydrogen) atoms. The first-order chi connectivity index (χ1) is 20.9.